The van der Waals surface area contributed by atoms with Gasteiger partial charge in [-0.3, -0.25) is 14.2 Å². The van der Waals surface area contributed by atoms with Crippen LogP contribution in [-0.2, 0) is 0 Å². The zero-order valence-corrected chi connectivity index (χ0v) is 18.6. The number of hydrogen-bond donors (Lipinski definition) is 0. The summed E-state index contributed by atoms with van der Waals surface area (Å²) in [4.78, 5) is 43.2. The highest BCUT2D eigenvalue weighted by Gasteiger charge is 2.18. The summed E-state index contributed by atoms with van der Waals surface area (Å²) in [6, 6.07) is 22.4. The number of aromatic nitrogens is 2. The van der Waals surface area contributed by atoms with Crippen LogP contribution in [0.2, 0.25) is 5.02 Å². The van der Waals surface area contributed by atoms with Crippen LogP contribution in [0, 0.1) is 0 Å². The van der Waals surface area contributed by atoms with E-state index in [2.05, 4.69) is 4.98 Å². The van der Waals surface area contributed by atoms with Gasteiger partial charge in [-0.2, -0.15) is 0 Å². The van der Waals surface area contributed by atoms with Crippen LogP contribution in [0.5, 0.6) is 0 Å². The van der Waals surface area contributed by atoms with Crippen molar-refractivity contribution in [2.75, 3.05) is 5.75 Å². The van der Waals surface area contributed by atoms with Crippen molar-refractivity contribution in [3.05, 3.63) is 110 Å². The van der Waals surface area contributed by atoms with Crippen molar-refractivity contribution < 1.29 is 9.21 Å². The van der Waals surface area contributed by atoms with Crippen LogP contribution < -0.4 is 11.2 Å². The minimum atomic E-state index is -0.720. The minimum absolute atomic E-state index is 0.0772. The van der Waals surface area contributed by atoms with E-state index in [0.717, 1.165) is 11.8 Å². The lowest BCUT2D eigenvalue weighted by molar-refractivity contribution is 0.101. The van der Waals surface area contributed by atoms with Crippen molar-refractivity contribution in [2.24, 2.45) is 0 Å². The molecule has 2 heterocycles. The molecule has 0 N–H and O–H groups in total. The van der Waals surface area contributed by atoms with Gasteiger partial charge in [-0.25, -0.2) is 9.78 Å². The smallest absolute Gasteiger partial charge is 0.347 e. The Kier molecular flexibility index (Phi) is 5.58. The Morgan fingerprint density at radius 2 is 1.73 bits per heavy atom. The average molecular weight is 475 g/mol. The number of hydrogen-bond acceptors (Lipinski definition) is 6. The molecular formula is C25H15ClN2O4S. The van der Waals surface area contributed by atoms with E-state index in [1.807, 2.05) is 18.2 Å². The summed E-state index contributed by atoms with van der Waals surface area (Å²) >= 11 is 7.11. The Balaban J connectivity index is 1.54. The van der Waals surface area contributed by atoms with Crippen LogP contribution in [0.4, 0.5) is 0 Å². The number of para-hydroxylation sites is 2. The van der Waals surface area contributed by atoms with E-state index in [9.17, 15) is 14.4 Å². The number of halogens is 1. The summed E-state index contributed by atoms with van der Waals surface area (Å²) in [5, 5.41) is 1.85. The van der Waals surface area contributed by atoms with E-state index in [1.165, 1.54) is 10.6 Å². The number of carbonyl (C=O) groups excluding carboxylic acids is 1. The van der Waals surface area contributed by atoms with Crippen LogP contribution in [0.3, 0.4) is 0 Å². The topological polar surface area (TPSA) is 82.2 Å². The Morgan fingerprint density at radius 3 is 2.55 bits per heavy atom. The molecule has 2 aromatic heterocycles. The highest BCUT2D eigenvalue weighted by atomic mass is 35.5. The summed E-state index contributed by atoms with van der Waals surface area (Å²) < 4.78 is 6.75. The molecule has 0 unspecified atom stereocenters. The van der Waals surface area contributed by atoms with Crippen molar-refractivity contribution in [1.82, 2.24) is 9.55 Å². The van der Waals surface area contributed by atoms with Crippen molar-refractivity contribution >= 4 is 51.0 Å². The van der Waals surface area contributed by atoms with Gasteiger partial charge in [0.2, 0.25) is 0 Å². The molecule has 0 amide bonds. The number of benzene rings is 3. The number of fused-ring (bicyclic) bond motifs is 2. The Hall–Kier alpha value is -3.68. The summed E-state index contributed by atoms with van der Waals surface area (Å²) in [5.74, 6) is -0.535. The summed E-state index contributed by atoms with van der Waals surface area (Å²) in [6.07, 6.45) is 0. The largest absolute Gasteiger partial charge is 0.422 e. The maximum atomic E-state index is 13.2. The highest BCUT2D eigenvalue weighted by molar-refractivity contribution is 7.99. The molecule has 6 nitrogen and oxygen atoms in total. The van der Waals surface area contributed by atoms with E-state index in [1.54, 1.807) is 54.6 Å². The van der Waals surface area contributed by atoms with E-state index in [4.69, 9.17) is 16.0 Å². The number of rotatable bonds is 5. The number of thioether (sulfide) groups is 1. The fraction of sp³-hybridized carbons (Fsp3) is 0.0400. The van der Waals surface area contributed by atoms with Crippen LogP contribution >= 0.6 is 23.4 Å². The fourth-order valence-electron chi connectivity index (χ4n) is 3.51. The summed E-state index contributed by atoms with van der Waals surface area (Å²) in [5.41, 5.74) is 0.485. The van der Waals surface area contributed by atoms with E-state index in [0.29, 0.717) is 37.7 Å². The summed E-state index contributed by atoms with van der Waals surface area (Å²) in [6.45, 7) is 0. The Bertz CT molecular complexity index is 1640. The molecule has 0 aliphatic heterocycles. The van der Waals surface area contributed by atoms with Crippen molar-refractivity contribution in [3.63, 3.8) is 0 Å². The molecule has 162 valence electrons. The van der Waals surface area contributed by atoms with Gasteiger partial charge < -0.3 is 4.42 Å². The van der Waals surface area contributed by atoms with Gasteiger partial charge in [-0.1, -0.05) is 53.7 Å². The highest BCUT2D eigenvalue weighted by Crippen LogP contribution is 2.23. The van der Waals surface area contributed by atoms with E-state index < -0.39 is 11.4 Å². The first-order chi connectivity index (χ1) is 16.0. The third-order valence-electron chi connectivity index (χ3n) is 5.09. The molecule has 0 spiro atoms. The van der Waals surface area contributed by atoms with Crippen molar-refractivity contribution in [2.45, 2.75) is 5.16 Å². The molecule has 5 aromatic rings. The molecule has 0 aliphatic rings. The van der Waals surface area contributed by atoms with Gasteiger partial charge in [0.1, 0.15) is 11.1 Å². The van der Waals surface area contributed by atoms with Gasteiger partial charge >= 0.3 is 5.63 Å². The zero-order chi connectivity index (χ0) is 22.9. The Morgan fingerprint density at radius 1 is 0.970 bits per heavy atom. The van der Waals surface area contributed by atoms with Crippen molar-refractivity contribution in [3.8, 4) is 5.69 Å². The molecule has 0 aliphatic carbocycles. The normalized spacial score (nSPS) is 11.2. The zero-order valence-electron chi connectivity index (χ0n) is 17.0. The monoisotopic (exact) mass is 474 g/mol. The van der Waals surface area contributed by atoms with Crippen LogP contribution in [0.1, 0.15) is 10.4 Å². The molecule has 0 atom stereocenters. The fourth-order valence-corrected chi connectivity index (χ4v) is 4.59. The first-order valence-corrected chi connectivity index (χ1v) is 11.3. The molecule has 0 saturated heterocycles. The second-order valence-electron chi connectivity index (χ2n) is 7.23. The summed E-state index contributed by atoms with van der Waals surface area (Å²) in [7, 11) is 0. The van der Waals surface area contributed by atoms with Gasteiger partial charge in [0.15, 0.2) is 10.9 Å². The maximum absolute atomic E-state index is 13.2. The van der Waals surface area contributed by atoms with Crippen LogP contribution in [0.15, 0.2) is 98.0 Å². The lowest BCUT2D eigenvalue weighted by atomic mass is 10.1. The van der Waals surface area contributed by atoms with Crippen LogP contribution in [0.25, 0.3) is 27.6 Å². The second-order valence-corrected chi connectivity index (χ2v) is 8.61. The van der Waals surface area contributed by atoms with Gasteiger partial charge in [-0.15, -0.1) is 0 Å². The predicted octanol–water partition coefficient (Wildman–Crippen LogP) is 5.12. The standard InChI is InChI=1S/C25H15ClN2O4S/c26-16-10-11-22-15(12-16)13-19(24(31)32-22)21(29)14-33-25-27-20-9-5-4-8-18(20)23(30)28(25)17-6-2-1-3-7-17/h1-13H,14H2. The van der Waals surface area contributed by atoms with Gasteiger partial charge in [-0.05, 0) is 48.5 Å². The molecule has 5 rings (SSSR count). The van der Waals surface area contributed by atoms with Crippen molar-refractivity contribution in [1.29, 1.82) is 0 Å². The molecule has 33 heavy (non-hydrogen) atoms. The SMILES string of the molecule is O=C(CSc1nc2ccccc2c(=O)n1-c1ccccc1)c1cc2cc(Cl)ccc2oc1=O. The molecule has 0 saturated carbocycles. The third-order valence-corrected chi connectivity index (χ3v) is 6.26. The minimum Gasteiger partial charge on any atom is -0.422 e. The Labute approximate surface area is 196 Å². The van der Waals surface area contributed by atoms with Gasteiger partial charge in [0.25, 0.3) is 5.56 Å². The number of Topliss-reactive ketones (excluding diaryl/α,β-unsaturated/α-hetero) is 1. The quantitative estimate of drug-likeness (QED) is 0.152. The molecule has 3 aromatic carbocycles. The molecule has 0 radical (unpaired) electrons. The lowest BCUT2D eigenvalue weighted by Gasteiger charge is -2.13. The first-order valence-electron chi connectivity index (χ1n) is 9.98. The van der Waals surface area contributed by atoms with Gasteiger partial charge in [0, 0.05) is 10.4 Å². The average Bonchev–Trinajstić information content (AvgIpc) is 2.83. The number of carbonyl (C=O) groups is 1. The molecule has 8 heteroatoms. The first kappa shape index (κ1) is 21.2. The molecule has 0 bridgehead atoms. The number of ketones is 1. The second kappa shape index (κ2) is 8.69. The predicted molar refractivity (Wildman–Crippen MR) is 130 cm³/mol. The lowest BCUT2D eigenvalue weighted by Crippen LogP contribution is -2.22. The van der Waals surface area contributed by atoms with Gasteiger partial charge in [0.05, 0.1) is 22.3 Å². The van der Waals surface area contributed by atoms with E-state index in [-0.39, 0.29) is 16.9 Å². The van der Waals surface area contributed by atoms with Crippen LogP contribution in [-0.4, -0.2) is 21.1 Å². The molecular weight excluding hydrogens is 460 g/mol. The third kappa shape index (κ3) is 4.08. The number of nitrogens with zero attached hydrogens (tertiary/aromatic N) is 2. The molecule has 0 fully saturated rings. The van der Waals surface area contributed by atoms with E-state index >= 15 is 0 Å². The maximum Gasteiger partial charge on any atom is 0.347 e.